The highest BCUT2D eigenvalue weighted by Gasteiger charge is 2.11. The predicted molar refractivity (Wildman–Crippen MR) is 105 cm³/mol. The summed E-state index contributed by atoms with van der Waals surface area (Å²) in [7, 11) is 1.90. The van der Waals surface area contributed by atoms with Crippen LogP contribution in [0.2, 0.25) is 10.0 Å². The van der Waals surface area contributed by atoms with Gasteiger partial charge in [-0.1, -0.05) is 53.5 Å². The summed E-state index contributed by atoms with van der Waals surface area (Å²) in [6.07, 6.45) is 2.98. The zero-order chi connectivity index (χ0) is 18.5. The Morgan fingerprint density at radius 3 is 2.42 bits per heavy atom. The molecule has 7 heteroatoms. The van der Waals surface area contributed by atoms with Crippen LogP contribution in [0, 0.1) is 0 Å². The van der Waals surface area contributed by atoms with Crippen molar-refractivity contribution in [1.82, 2.24) is 9.97 Å². The molecule has 0 fully saturated rings. The fourth-order valence-electron chi connectivity index (χ4n) is 2.35. The largest absolute Gasteiger partial charge is 0.340 e. The van der Waals surface area contributed by atoms with Crippen molar-refractivity contribution in [3.8, 4) is 0 Å². The number of nitrogens with one attached hydrogen (secondary N) is 1. The molecule has 3 rings (SSSR count). The molecule has 132 valence electrons. The quantitative estimate of drug-likeness (QED) is 0.691. The minimum absolute atomic E-state index is 0.341. The number of carbonyl (C=O) groups excluding carboxylic acids is 1. The Labute approximate surface area is 161 Å². The van der Waals surface area contributed by atoms with Crippen LogP contribution in [0.1, 0.15) is 15.9 Å². The Bertz CT molecular complexity index is 901. The van der Waals surface area contributed by atoms with E-state index < -0.39 is 0 Å². The van der Waals surface area contributed by atoms with Crippen LogP contribution in [-0.2, 0) is 6.54 Å². The molecule has 0 saturated carbocycles. The van der Waals surface area contributed by atoms with E-state index in [1.807, 2.05) is 42.3 Å². The molecule has 0 aliphatic rings. The molecule has 5 nitrogen and oxygen atoms in total. The Hall–Kier alpha value is -2.63. The maximum atomic E-state index is 12.3. The molecule has 0 aliphatic heterocycles. The lowest BCUT2D eigenvalue weighted by atomic mass is 10.2. The molecule has 0 radical (unpaired) electrons. The number of carbonyl (C=O) groups is 1. The molecule has 0 aliphatic carbocycles. The summed E-state index contributed by atoms with van der Waals surface area (Å²) in [4.78, 5) is 22.8. The van der Waals surface area contributed by atoms with Gasteiger partial charge in [0.15, 0.2) is 0 Å². The minimum atomic E-state index is -0.341. The van der Waals surface area contributed by atoms with Crippen LogP contribution in [-0.4, -0.2) is 22.9 Å². The fraction of sp³-hybridized carbons (Fsp3) is 0.105. The normalized spacial score (nSPS) is 10.4. The van der Waals surface area contributed by atoms with Crippen molar-refractivity contribution in [3.63, 3.8) is 0 Å². The lowest BCUT2D eigenvalue weighted by molar-refractivity contribution is 0.102. The van der Waals surface area contributed by atoms with E-state index in [1.165, 1.54) is 12.4 Å². The van der Waals surface area contributed by atoms with Gasteiger partial charge in [0.25, 0.3) is 5.91 Å². The topological polar surface area (TPSA) is 58.1 Å². The van der Waals surface area contributed by atoms with Gasteiger partial charge in [-0.05, 0) is 23.8 Å². The molecular formula is C19H16Cl2N4O. The van der Waals surface area contributed by atoms with Crippen molar-refractivity contribution in [2.75, 3.05) is 17.3 Å². The Balaban J connectivity index is 1.67. The van der Waals surface area contributed by atoms with Gasteiger partial charge in [0.1, 0.15) is 0 Å². The van der Waals surface area contributed by atoms with Gasteiger partial charge < -0.3 is 10.2 Å². The lowest BCUT2D eigenvalue weighted by Crippen LogP contribution is -2.20. The summed E-state index contributed by atoms with van der Waals surface area (Å²) in [5.74, 6) is 0.196. The summed E-state index contributed by atoms with van der Waals surface area (Å²) < 4.78 is 0. The van der Waals surface area contributed by atoms with Gasteiger partial charge in [0.2, 0.25) is 5.95 Å². The summed E-state index contributed by atoms with van der Waals surface area (Å²) in [5.41, 5.74) is 1.97. The van der Waals surface area contributed by atoms with E-state index in [0.717, 1.165) is 5.56 Å². The molecule has 0 atom stereocenters. The van der Waals surface area contributed by atoms with Crippen molar-refractivity contribution in [2.24, 2.45) is 0 Å². The van der Waals surface area contributed by atoms with E-state index in [4.69, 9.17) is 23.2 Å². The monoisotopic (exact) mass is 386 g/mol. The van der Waals surface area contributed by atoms with E-state index >= 15 is 0 Å². The number of hydrogen-bond donors (Lipinski definition) is 1. The van der Waals surface area contributed by atoms with E-state index in [9.17, 15) is 4.79 Å². The average Bonchev–Trinajstić information content (AvgIpc) is 2.65. The average molecular weight is 387 g/mol. The van der Waals surface area contributed by atoms with Gasteiger partial charge in [-0.2, -0.15) is 0 Å². The van der Waals surface area contributed by atoms with Gasteiger partial charge in [0, 0.05) is 31.0 Å². The first-order chi connectivity index (χ1) is 12.5. The molecule has 1 N–H and O–H groups in total. The Kier molecular flexibility index (Phi) is 5.71. The molecule has 1 heterocycles. The predicted octanol–water partition coefficient (Wildman–Crippen LogP) is 4.67. The van der Waals surface area contributed by atoms with Crippen LogP contribution in [0.4, 0.5) is 11.6 Å². The first-order valence-electron chi connectivity index (χ1n) is 7.86. The molecule has 1 aromatic heterocycles. The zero-order valence-corrected chi connectivity index (χ0v) is 15.5. The van der Waals surface area contributed by atoms with E-state index in [0.29, 0.717) is 33.8 Å². The first-order valence-corrected chi connectivity index (χ1v) is 8.62. The zero-order valence-electron chi connectivity index (χ0n) is 14.0. The lowest BCUT2D eigenvalue weighted by Gasteiger charge is -2.17. The summed E-state index contributed by atoms with van der Waals surface area (Å²) in [6, 6.07) is 14.9. The van der Waals surface area contributed by atoms with Crippen molar-refractivity contribution in [3.05, 3.63) is 82.1 Å². The minimum Gasteiger partial charge on any atom is -0.340 e. The van der Waals surface area contributed by atoms with Gasteiger partial charge in [0.05, 0.1) is 16.3 Å². The highest BCUT2D eigenvalue weighted by molar-refractivity contribution is 6.36. The highest BCUT2D eigenvalue weighted by Crippen LogP contribution is 2.25. The van der Waals surface area contributed by atoms with Crippen LogP contribution < -0.4 is 10.2 Å². The molecule has 1 amide bonds. The number of amides is 1. The maximum absolute atomic E-state index is 12.3. The van der Waals surface area contributed by atoms with E-state index in [1.54, 1.807) is 18.2 Å². The second-order valence-corrected chi connectivity index (χ2v) is 6.54. The number of halogens is 2. The van der Waals surface area contributed by atoms with Crippen LogP contribution in [0.5, 0.6) is 0 Å². The van der Waals surface area contributed by atoms with Gasteiger partial charge >= 0.3 is 0 Å². The molecule has 0 saturated heterocycles. The third-order valence-electron chi connectivity index (χ3n) is 3.68. The van der Waals surface area contributed by atoms with Crippen molar-refractivity contribution < 1.29 is 4.79 Å². The molecular weight excluding hydrogens is 371 g/mol. The standard InChI is InChI=1S/C19H16Cl2N4O/c1-25(12-13-5-3-2-4-6-13)19-22-10-14(11-23-19)18(26)24-17-8-7-15(20)9-16(17)21/h2-11H,12H2,1H3,(H,24,26). The van der Waals surface area contributed by atoms with Crippen LogP contribution >= 0.6 is 23.2 Å². The van der Waals surface area contributed by atoms with Crippen molar-refractivity contribution in [1.29, 1.82) is 0 Å². The SMILES string of the molecule is CN(Cc1ccccc1)c1ncc(C(=O)Nc2ccc(Cl)cc2Cl)cn1. The van der Waals surface area contributed by atoms with Crippen LogP contribution in [0.25, 0.3) is 0 Å². The molecule has 0 bridgehead atoms. The summed E-state index contributed by atoms with van der Waals surface area (Å²) >= 11 is 11.9. The van der Waals surface area contributed by atoms with Crippen molar-refractivity contribution >= 4 is 40.7 Å². The fourth-order valence-corrected chi connectivity index (χ4v) is 2.80. The second-order valence-electron chi connectivity index (χ2n) is 5.69. The summed E-state index contributed by atoms with van der Waals surface area (Å²) in [6.45, 7) is 0.673. The number of aromatic nitrogens is 2. The highest BCUT2D eigenvalue weighted by atomic mass is 35.5. The number of rotatable bonds is 5. The first kappa shape index (κ1) is 18.2. The van der Waals surface area contributed by atoms with Crippen LogP contribution in [0.15, 0.2) is 60.9 Å². The Morgan fingerprint density at radius 2 is 1.77 bits per heavy atom. The summed E-state index contributed by atoms with van der Waals surface area (Å²) in [5, 5.41) is 3.59. The third kappa shape index (κ3) is 4.50. The van der Waals surface area contributed by atoms with Gasteiger partial charge in [-0.3, -0.25) is 4.79 Å². The third-order valence-corrected chi connectivity index (χ3v) is 4.23. The van der Waals surface area contributed by atoms with E-state index in [-0.39, 0.29) is 5.91 Å². The van der Waals surface area contributed by atoms with Crippen LogP contribution in [0.3, 0.4) is 0 Å². The smallest absolute Gasteiger partial charge is 0.258 e. The number of hydrogen-bond acceptors (Lipinski definition) is 4. The Morgan fingerprint density at radius 1 is 1.08 bits per heavy atom. The van der Waals surface area contributed by atoms with Gasteiger partial charge in [-0.15, -0.1) is 0 Å². The van der Waals surface area contributed by atoms with Crippen molar-refractivity contribution in [2.45, 2.75) is 6.54 Å². The second kappa shape index (κ2) is 8.17. The number of nitrogens with zero attached hydrogens (tertiary/aromatic N) is 3. The molecule has 0 spiro atoms. The molecule has 0 unspecified atom stereocenters. The van der Waals surface area contributed by atoms with E-state index in [2.05, 4.69) is 15.3 Å². The molecule has 3 aromatic rings. The molecule has 2 aromatic carbocycles. The molecule has 26 heavy (non-hydrogen) atoms. The number of anilines is 2. The number of benzene rings is 2. The van der Waals surface area contributed by atoms with Gasteiger partial charge in [-0.25, -0.2) is 9.97 Å². The maximum Gasteiger partial charge on any atom is 0.258 e.